The van der Waals surface area contributed by atoms with Crippen LogP contribution in [0.25, 0.3) is 10.2 Å². The second kappa shape index (κ2) is 5.49. The number of rotatable bonds is 3. The maximum Gasteiger partial charge on any atom is 0.228 e. The lowest BCUT2D eigenvalue weighted by Crippen LogP contribution is -2.24. The summed E-state index contributed by atoms with van der Waals surface area (Å²) in [4.78, 5) is 14.0. The zero-order valence-electron chi connectivity index (χ0n) is 12.2. The zero-order valence-corrected chi connectivity index (χ0v) is 13.8. The Bertz CT molecular complexity index is 634. The summed E-state index contributed by atoms with van der Waals surface area (Å²) >= 11 is 8.27. The third-order valence-corrected chi connectivity index (χ3v) is 5.57. The lowest BCUT2D eigenvalue weighted by atomic mass is 9.89. The van der Waals surface area contributed by atoms with Gasteiger partial charge < -0.3 is 4.90 Å². The van der Waals surface area contributed by atoms with E-state index in [0.29, 0.717) is 5.15 Å². The molecule has 1 unspecified atom stereocenters. The van der Waals surface area contributed by atoms with Gasteiger partial charge in [0.15, 0.2) is 0 Å². The molecule has 2 aromatic heterocycles. The number of hydrogen-bond acceptors (Lipinski definition) is 4. The van der Waals surface area contributed by atoms with Gasteiger partial charge in [0.05, 0.1) is 5.39 Å². The van der Waals surface area contributed by atoms with Crippen molar-refractivity contribution in [3.8, 4) is 0 Å². The van der Waals surface area contributed by atoms with Crippen LogP contribution in [0.2, 0.25) is 5.15 Å². The van der Waals surface area contributed by atoms with Crippen LogP contribution in [-0.2, 0) is 12.8 Å². The van der Waals surface area contributed by atoms with E-state index in [1.807, 2.05) is 11.3 Å². The van der Waals surface area contributed by atoms with Gasteiger partial charge in [0.2, 0.25) is 5.95 Å². The topological polar surface area (TPSA) is 29.0 Å². The van der Waals surface area contributed by atoms with E-state index in [1.54, 1.807) is 0 Å². The second-order valence-electron chi connectivity index (χ2n) is 5.52. The molecule has 0 spiro atoms. The average molecular weight is 310 g/mol. The number of nitrogens with zero attached hydrogens (tertiary/aromatic N) is 3. The molecule has 3 nitrogen and oxygen atoms in total. The fourth-order valence-corrected chi connectivity index (χ4v) is 4.65. The lowest BCUT2D eigenvalue weighted by molar-refractivity contribution is 0.509. The molecule has 0 radical (unpaired) electrons. The first kappa shape index (κ1) is 14.1. The number of halogens is 1. The van der Waals surface area contributed by atoms with E-state index in [9.17, 15) is 0 Å². The van der Waals surface area contributed by atoms with Crippen molar-refractivity contribution in [2.75, 3.05) is 18.0 Å². The molecular formula is C15H20ClN3S. The summed E-state index contributed by atoms with van der Waals surface area (Å²) < 4.78 is 0. The van der Waals surface area contributed by atoms with Crippen molar-refractivity contribution in [1.29, 1.82) is 0 Å². The molecule has 1 atom stereocenters. The molecule has 2 aromatic rings. The molecule has 2 heterocycles. The van der Waals surface area contributed by atoms with Crippen molar-refractivity contribution in [2.45, 2.75) is 40.0 Å². The Morgan fingerprint density at radius 3 is 2.75 bits per heavy atom. The standard InChI is InChI=1S/C15H20ClN3S/c1-4-19(5-2)15-17-13(16)12-10-7-6-9(3)8-11(10)20-14(12)18-15/h9H,4-8H2,1-3H3. The molecule has 0 saturated carbocycles. The summed E-state index contributed by atoms with van der Waals surface area (Å²) in [6, 6.07) is 0. The summed E-state index contributed by atoms with van der Waals surface area (Å²) in [5.74, 6) is 1.53. The van der Waals surface area contributed by atoms with Crippen molar-refractivity contribution < 1.29 is 0 Å². The van der Waals surface area contributed by atoms with E-state index < -0.39 is 0 Å². The summed E-state index contributed by atoms with van der Waals surface area (Å²) in [5, 5.41) is 1.73. The monoisotopic (exact) mass is 309 g/mol. The third kappa shape index (κ3) is 2.29. The first-order valence-corrected chi connectivity index (χ1v) is 8.56. The van der Waals surface area contributed by atoms with Gasteiger partial charge in [-0.25, -0.2) is 9.97 Å². The normalized spacial score (nSPS) is 18.3. The summed E-state index contributed by atoms with van der Waals surface area (Å²) in [6.45, 7) is 8.36. The van der Waals surface area contributed by atoms with Gasteiger partial charge in [0.25, 0.3) is 0 Å². The van der Waals surface area contributed by atoms with Crippen LogP contribution in [0.1, 0.15) is 37.6 Å². The predicted molar refractivity (Wildman–Crippen MR) is 87.2 cm³/mol. The lowest BCUT2D eigenvalue weighted by Gasteiger charge is -2.19. The average Bonchev–Trinajstić information content (AvgIpc) is 2.77. The molecule has 0 aliphatic heterocycles. The van der Waals surface area contributed by atoms with Crippen molar-refractivity contribution in [1.82, 2.24) is 9.97 Å². The molecule has 20 heavy (non-hydrogen) atoms. The number of thiophene rings is 1. The molecule has 5 heteroatoms. The smallest absolute Gasteiger partial charge is 0.228 e. The summed E-state index contributed by atoms with van der Waals surface area (Å²) in [6.07, 6.45) is 3.52. The van der Waals surface area contributed by atoms with E-state index in [-0.39, 0.29) is 0 Å². The molecule has 3 rings (SSSR count). The highest BCUT2D eigenvalue weighted by Crippen LogP contribution is 2.40. The number of aryl methyl sites for hydroxylation is 1. The number of fused-ring (bicyclic) bond motifs is 3. The van der Waals surface area contributed by atoms with Crippen LogP contribution in [0, 0.1) is 5.92 Å². The molecule has 108 valence electrons. The fraction of sp³-hybridized carbons (Fsp3) is 0.600. The Balaban J connectivity index is 2.13. The summed E-state index contributed by atoms with van der Waals surface area (Å²) in [7, 11) is 0. The molecule has 0 aromatic carbocycles. The Kier molecular flexibility index (Phi) is 3.87. The Hall–Kier alpha value is -0.870. The highest BCUT2D eigenvalue weighted by atomic mass is 35.5. The van der Waals surface area contributed by atoms with Crippen LogP contribution in [0.15, 0.2) is 0 Å². The van der Waals surface area contributed by atoms with Crippen LogP contribution in [0.5, 0.6) is 0 Å². The van der Waals surface area contributed by atoms with Crippen LogP contribution < -0.4 is 4.90 Å². The minimum absolute atomic E-state index is 0.629. The molecule has 0 bridgehead atoms. The van der Waals surface area contributed by atoms with Crippen LogP contribution in [-0.4, -0.2) is 23.1 Å². The third-order valence-electron chi connectivity index (χ3n) is 4.15. The molecule has 0 amide bonds. The second-order valence-corrected chi connectivity index (χ2v) is 6.96. The van der Waals surface area contributed by atoms with Crippen LogP contribution >= 0.6 is 22.9 Å². The van der Waals surface area contributed by atoms with Gasteiger partial charge in [-0.3, -0.25) is 0 Å². The Labute approximate surface area is 129 Å². The van der Waals surface area contributed by atoms with Gasteiger partial charge >= 0.3 is 0 Å². The van der Waals surface area contributed by atoms with E-state index >= 15 is 0 Å². The largest absolute Gasteiger partial charge is 0.341 e. The molecule has 0 N–H and O–H groups in total. The number of aromatic nitrogens is 2. The van der Waals surface area contributed by atoms with Gasteiger partial charge in [0, 0.05) is 18.0 Å². The Morgan fingerprint density at radius 2 is 2.05 bits per heavy atom. The van der Waals surface area contributed by atoms with Crippen molar-refractivity contribution in [3.05, 3.63) is 15.6 Å². The molecule has 0 saturated heterocycles. The van der Waals surface area contributed by atoms with Gasteiger partial charge in [-0.05, 0) is 44.6 Å². The maximum atomic E-state index is 6.46. The van der Waals surface area contributed by atoms with E-state index in [1.165, 1.54) is 16.9 Å². The minimum Gasteiger partial charge on any atom is -0.341 e. The maximum absolute atomic E-state index is 6.46. The molecule has 1 aliphatic rings. The van der Waals surface area contributed by atoms with Crippen molar-refractivity contribution >= 4 is 39.1 Å². The quantitative estimate of drug-likeness (QED) is 0.791. The molecule has 0 fully saturated rings. The van der Waals surface area contributed by atoms with E-state index in [4.69, 9.17) is 16.6 Å². The first-order chi connectivity index (χ1) is 9.63. The van der Waals surface area contributed by atoms with Crippen LogP contribution in [0.3, 0.4) is 0 Å². The van der Waals surface area contributed by atoms with Gasteiger partial charge in [-0.15, -0.1) is 11.3 Å². The van der Waals surface area contributed by atoms with Crippen molar-refractivity contribution in [2.24, 2.45) is 5.92 Å². The number of anilines is 1. The summed E-state index contributed by atoms with van der Waals surface area (Å²) in [5.41, 5.74) is 1.40. The van der Waals surface area contributed by atoms with Crippen LogP contribution in [0.4, 0.5) is 5.95 Å². The predicted octanol–water partition coefficient (Wildman–Crippen LogP) is 4.32. The van der Waals surface area contributed by atoms with Gasteiger partial charge in [-0.1, -0.05) is 18.5 Å². The fourth-order valence-electron chi connectivity index (χ4n) is 2.94. The molecule has 1 aliphatic carbocycles. The van der Waals surface area contributed by atoms with E-state index in [2.05, 4.69) is 30.7 Å². The van der Waals surface area contributed by atoms with Crippen molar-refractivity contribution in [3.63, 3.8) is 0 Å². The van der Waals surface area contributed by atoms with Gasteiger partial charge in [0.1, 0.15) is 9.98 Å². The van der Waals surface area contributed by atoms with E-state index in [0.717, 1.165) is 48.0 Å². The minimum atomic E-state index is 0.629. The zero-order chi connectivity index (χ0) is 14.3. The molecular weight excluding hydrogens is 290 g/mol. The SMILES string of the molecule is CCN(CC)c1nc(Cl)c2c3c(sc2n1)CC(C)CC3. The highest BCUT2D eigenvalue weighted by molar-refractivity contribution is 7.19. The highest BCUT2D eigenvalue weighted by Gasteiger charge is 2.23. The number of hydrogen-bond donors (Lipinski definition) is 0. The first-order valence-electron chi connectivity index (χ1n) is 7.36. The Morgan fingerprint density at radius 1 is 1.30 bits per heavy atom. The van der Waals surface area contributed by atoms with Gasteiger partial charge in [-0.2, -0.15) is 0 Å².